The highest BCUT2D eigenvalue weighted by molar-refractivity contribution is 7.90. The van der Waals surface area contributed by atoms with E-state index in [1.54, 1.807) is 4.90 Å². The maximum Gasteiger partial charge on any atom is 0.239 e. The molecular formula is C17H27Cl2N3O3S. The molecule has 0 aliphatic carbocycles. The molecule has 1 aliphatic rings. The monoisotopic (exact) mass is 423 g/mol. The lowest BCUT2D eigenvalue weighted by Gasteiger charge is -2.39. The average Bonchev–Trinajstić information content (AvgIpc) is 2.58. The fraction of sp³-hybridized carbons (Fsp3) is 0.588. The van der Waals surface area contributed by atoms with E-state index in [9.17, 15) is 13.2 Å². The molecule has 148 valence electrons. The highest BCUT2D eigenvalue weighted by atomic mass is 35.5. The summed E-state index contributed by atoms with van der Waals surface area (Å²) in [4.78, 5) is 16.4. The zero-order valence-electron chi connectivity index (χ0n) is 15.1. The van der Waals surface area contributed by atoms with Gasteiger partial charge in [0.15, 0.2) is 0 Å². The third-order valence-electron chi connectivity index (χ3n) is 4.64. The third kappa shape index (κ3) is 6.70. The van der Waals surface area contributed by atoms with Crippen LogP contribution in [0.15, 0.2) is 24.3 Å². The Bertz CT molecular complexity index is 690. The number of benzene rings is 1. The lowest BCUT2D eigenvalue weighted by Crippen LogP contribution is -2.53. The number of hydrogen-bond acceptors (Lipinski definition) is 5. The predicted octanol–water partition coefficient (Wildman–Crippen LogP) is 1.73. The number of nitrogens with two attached hydrogens (primary N) is 1. The van der Waals surface area contributed by atoms with Gasteiger partial charge in [0.05, 0.1) is 11.8 Å². The minimum atomic E-state index is -3.11. The van der Waals surface area contributed by atoms with Crippen molar-refractivity contribution in [3.63, 3.8) is 0 Å². The molecule has 2 atom stereocenters. The second-order valence-electron chi connectivity index (χ2n) is 6.61. The molecule has 6 nitrogen and oxygen atoms in total. The van der Waals surface area contributed by atoms with Crippen LogP contribution in [0.1, 0.15) is 24.9 Å². The smallest absolute Gasteiger partial charge is 0.239 e. The molecular weight excluding hydrogens is 397 g/mol. The molecule has 0 aromatic heterocycles. The summed E-state index contributed by atoms with van der Waals surface area (Å²) < 4.78 is 22.4. The molecule has 0 bridgehead atoms. The zero-order chi connectivity index (χ0) is 18.6. The number of carbonyl (C=O) groups is 1. The second-order valence-corrected chi connectivity index (χ2v) is 9.31. The van der Waals surface area contributed by atoms with Gasteiger partial charge in [0, 0.05) is 43.5 Å². The van der Waals surface area contributed by atoms with E-state index in [1.807, 2.05) is 24.3 Å². The number of hydrogen-bond donors (Lipinski definition) is 1. The van der Waals surface area contributed by atoms with Crippen LogP contribution < -0.4 is 5.73 Å². The molecule has 1 aromatic carbocycles. The normalized spacial score (nSPS) is 18.1. The number of sulfone groups is 1. The van der Waals surface area contributed by atoms with Crippen molar-refractivity contribution < 1.29 is 13.2 Å². The van der Waals surface area contributed by atoms with Crippen LogP contribution in [0.25, 0.3) is 0 Å². The molecule has 1 fully saturated rings. The summed E-state index contributed by atoms with van der Waals surface area (Å²) >= 11 is 5.93. The number of carbonyl (C=O) groups excluding carboxylic acids is 1. The molecule has 2 unspecified atom stereocenters. The predicted molar refractivity (Wildman–Crippen MR) is 108 cm³/mol. The van der Waals surface area contributed by atoms with Crippen LogP contribution >= 0.6 is 24.0 Å². The zero-order valence-corrected chi connectivity index (χ0v) is 17.5. The molecule has 1 aromatic rings. The van der Waals surface area contributed by atoms with E-state index >= 15 is 0 Å². The van der Waals surface area contributed by atoms with Gasteiger partial charge in [-0.25, -0.2) is 8.42 Å². The number of rotatable bonds is 6. The van der Waals surface area contributed by atoms with Crippen LogP contribution in [-0.4, -0.2) is 68.4 Å². The maximum atomic E-state index is 12.4. The summed E-state index contributed by atoms with van der Waals surface area (Å²) in [6, 6.07) is 7.29. The van der Waals surface area contributed by atoms with Crippen LogP contribution in [0, 0.1) is 0 Å². The van der Waals surface area contributed by atoms with E-state index < -0.39 is 15.9 Å². The largest absolute Gasteiger partial charge is 0.339 e. The lowest BCUT2D eigenvalue weighted by atomic mass is 10.1. The number of nitrogens with zero attached hydrogens (tertiary/aromatic N) is 2. The minimum Gasteiger partial charge on any atom is -0.339 e. The fourth-order valence-electron chi connectivity index (χ4n) is 2.98. The quantitative estimate of drug-likeness (QED) is 0.752. The van der Waals surface area contributed by atoms with Gasteiger partial charge in [0.2, 0.25) is 5.91 Å². The first-order valence-electron chi connectivity index (χ1n) is 8.39. The Balaban J connectivity index is 0.00000338. The van der Waals surface area contributed by atoms with Crippen LogP contribution in [0.2, 0.25) is 5.02 Å². The van der Waals surface area contributed by atoms with Gasteiger partial charge in [0.25, 0.3) is 0 Å². The Labute approximate surface area is 167 Å². The average molecular weight is 424 g/mol. The Hall–Kier alpha value is -0.860. The molecule has 0 spiro atoms. The van der Waals surface area contributed by atoms with Crippen molar-refractivity contribution in [1.29, 1.82) is 0 Å². The van der Waals surface area contributed by atoms with Crippen molar-refractivity contribution in [1.82, 2.24) is 9.80 Å². The van der Waals surface area contributed by atoms with Gasteiger partial charge < -0.3 is 10.6 Å². The van der Waals surface area contributed by atoms with Crippen LogP contribution in [0.4, 0.5) is 0 Å². The van der Waals surface area contributed by atoms with E-state index in [-0.39, 0.29) is 36.5 Å². The molecule has 0 radical (unpaired) electrons. The Morgan fingerprint density at radius 3 is 2.23 bits per heavy atom. The standard InChI is InChI=1S/C17H26ClN3O3S.ClH/c1-13(14-3-5-15(18)6-4-14)20-8-10-21(11-9-20)17(22)16(19)7-12-25(2,23)24;/h3-6,13,16H,7-12,19H2,1-2H3;1H. The van der Waals surface area contributed by atoms with E-state index in [0.29, 0.717) is 13.1 Å². The van der Waals surface area contributed by atoms with Crippen LogP contribution in [0.3, 0.4) is 0 Å². The van der Waals surface area contributed by atoms with E-state index in [4.69, 9.17) is 17.3 Å². The Morgan fingerprint density at radius 2 is 1.73 bits per heavy atom. The summed E-state index contributed by atoms with van der Waals surface area (Å²) in [6.45, 7) is 4.86. The van der Waals surface area contributed by atoms with Crippen LogP contribution in [-0.2, 0) is 14.6 Å². The number of piperazine rings is 1. The highest BCUT2D eigenvalue weighted by Gasteiger charge is 2.27. The molecule has 1 aliphatic heterocycles. The minimum absolute atomic E-state index is 0. The van der Waals surface area contributed by atoms with Crippen LogP contribution in [0.5, 0.6) is 0 Å². The van der Waals surface area contributed by atoms with Crippen molar-refractivity contribution in [3.05, 3.63) is 34.9 Å². The van der Waals surface area contributed by atoms with E-state index in [1.165, 1.54) is 5.56 Å². The molecule has 2 rings (SSSR count). The molecule has 1 amide bonds. The first kappa shape index (κ1) is 23.2. The van der Waals surface area contributed by atoms with Gasteiger partial charge in [-0.1, -0.05) is 23.7 Å². The van der Waals surface area contributed by atoms with Crippen molar-refractivity contribution in [3.8, 4) is 0 Å². The van der Waals surface area contributed by atoms with Gasteiger partial charge in [-0.15, -0.1) is 12.4 Å². The van der Waals surface area contributed by atoms with E-state index in [2.05, 4.69) is 11.8 Å². The summed E-state index contributed by atoms with van der Waals surface area (Å²) in [6.07, 6.45) is 1.32. The van der Waals surface area contributed by atoms with Crippen molar-refractivity contribution in [2.45, 2.75) is 25.4 Å². The third-order valence-corrected chi connectivity index (χ3v) is 5.87. The Morgan fingerprint density at radius 1 is 1.19 bits per heavy atom. The summed E-state index contributed by atoms with van der Waals surface area (Å²) in [7, 11) is -3.11. The molecule has 9 heteroatoms. The van der Waals surface area contributed by atoms with E-state index in [0.717, 1.165) is 24.4 Å². The molecule has 2 N–H and O–H groups in total. The summed E-state index contributed by atoms with van der Waals surface area (Å²) in [5.74, 6) is -0.226. The van der Waals surface area contributed by atoms with Gasteiger partial charge in [-0.3, -0.25) is 9.69 Å². The number of halogens is 2. The summed E-state index contributed by atoms with van der Waals surface area (Å²) in [5, 5.41) is 0.717. The van der Waals surface area contributed by atoms with Crippen molar-refractivity contribution in [2.24, 2.45) is 5.73 Å². The number of amides is 1. The van der Waals surface area contributed by atoms with Gasteiger partial charge in [0.1, 0.15) is 9.84 Å². The summed E-state index contributed by atoms with van der Waals surface area (Å²) in [5.41, 5.74) is 7.06. The van der Waals surface area contributed by atoms with Gasteiger partial charge >= 0.3 is 0 Å². The first-order valence-corrected chi connectivity index (χ1v) is 10.8. The highest BCUT2D eigenvalue weighted by Crippen LogP contribution is 2.23. The lowest BCUT2D eigenvalue weighted by molar-refractivity contribution is -0.134. The fourth-order valence-corrected chi connectivity index (χ4v) is 3.79. The van der Waals surface area contributed by atoms with Gasteiger partial charge in [-0.05, 0) is 31.0 Å². The molecule has 1 saturated heterocycles. The SMILES string of the molecule is CC(c1ccc(Cl)cc1)N1CCN(C(=O)C(N)CCS(C)(=O)=O)CC1.Cl. The molecule has 26 heavy (non-hydrogen) atoms. The molecule has 0 saturated carbocycles. The first-order chi connectivity index (χ1) is 11.7. The second kappa shape index (κ2) is 9.90. The molecule has 1 heterocycles. The Kier molecular flexibility index (Phi) is 8.82. The van der Waals surface area contributed by atoms with Crippen molar-refractivity contribution in [2.75, 3.05) is 38.2 Å². The van der Waals surface area contributed by atoms with Crippen molar-refractivity contribution >= 4 is 39.8 Å². The maximum absolute atomic E-state index is 12.4. The topological polar surface area (TPSA) is 83.7 Å². The van der Waals surface area contributed by atoms with Gasteiger partial charge in [-0.2, -0.15) is 0 Å².